The second kappa shape index (κ2) is 6.07. The summed E-state index contributed by atoms with van der Waals surface area (Å²) in [6.07, 6.45) is 2.01. The monoisotopic (exact) mass is 330 g/mol. The van der Waals surface area contributed by atoms with Crippen molar-refractivity contribution < 1.29 is 14.0 Å². The molecule has 1 amide bonds. The molecule has 1 aromatic heterocycles. The maximum Gasteiger partial charge on any atom is 0.267 e. The molecule has 0 saturated heterocycles. The highest BCUT2D eigenvalue weighted by Gasteiger charge is 2.42. The molecule has 0 fully saturated rings. The smallest absolute Gasteiger partial charge is 0.267 e. The normalized spacial score (nSPS) is 19.8. The number of hydrogen-bond donors (Lipinski definition) is 1. The Bertz CT molecular complexity index is 815. The Hall–Kier alpha value is -2.70. The maximum atomic E-state index is 13.3. The van der Waals surface area contributed by atoms with Gasteiger partial charge in [0.25, 0.3) is 5.91 Å². The topological polar surface area (TPSA) is 68.5 Å². The Morgan fingerprint density at radius 2 is 2.29 bits per heavy atom. The molecule has 0 radical (unpaired) electrons. The van der Waals surface area contributed by atoms with Crippen LogP contribution in [0.4, 0.5) is 4.39 Å². The fourth-order valence-corrected chi connectivity index (χ4v) is 2.56. The number of carbonyl (C=O) groups is 1. The summed E-state index contributed by atoms with van der Waals surface area (Å²) in [4.78, 5) is 17.9. The molecule has 1 aliphatic rings. The Balaban J connectivity index is 1.65. The average molecular weight is 330 g/mol. The van der Waals surface area contributed by atoms with E-state index in [1.54, 1.807) is 29.9 Å². The van der Waals surface area contributed by atoms with Gasteiger partial charge in [-0.25, -0.2) is 4.39 Å². The van der Waals surface area contributed by atoms with Gasteiger partial charge in [-0.05, 0) is 26.0 Å². The number of nitrogens with zero attached hydrogens (tertiary/aromatic N) is 3. The Morgan fingerprint density at radius 1 is 1.50 bits per heavy atom. The van der Waals surface area contributed by atoms with Crippen LogP contribution >= 0.6 is 0 Å². The van der Waals surface area contributed by atoms with Gasteiger partial charge in [0, 0.05) is 36.8 Å². The minimum Gasteiger partial charge on any atom is -0.379 e. The molecule has 6 nitrogen and oxygen atoms in total. The molecule has 1 atom stereocenters. The maximum absolute atomic E-state index is 13.3. The van der Waals surface area contributed by atoms with Crippen molar-refractivity contribution >= 4 is 11.6 Å². The first kappa shape index (κ1) is 16.2. The van der Waals surface area contributed by atoms with E-state index < -0.39 is 5.60 Å². The van der Waals surface area contributed by atoms with E-state index in [9.17, 15) is 9.18 Å². The summed E-state index contributed by atoms with van der Waals surface area (Å²) in [5.41, 5.74) is 2.01. The molecule has 0 bridgehead atoms. The molecule has 1 aliphatic heterocycles. The van der Waals surface area contributed by atoms with E-state index in [1.807, 2.05) is 14.0 Å². The molecule has 0 spiro atoms. The highest BCUT2D eigenvalue weighted by atomic mass is 19.1. The number of benzene rings is 1. The zero-order chi connectivity index (χ0) is 17.3. The van der Waals surface area contributed by atoms with E-state index >= 15 is 0 Å². The number of oxime groups is 1. The molecule has 3 rings (SSSR count). The van der Waals surface area contributed by atoms with Crippen molar-refractivity contribution in [3.05, 3.63) is 53.1 Å². The highest BCUT2D eigenvalue weighted by molar-refractivity contribution is 6.05. The zero-order valence-corrected chi connectivity index (χ0v) is 13.8. The largest absolute Gasteiger partial charge is 0.379 e. The van der Waals surface area contributed by atoms with Crippen molar-refractivity contribution in [1.82, 2.24) is 15.1 Å². The third-order valence-corrected chi connectivity index (χ3v) is 4.28. The number of amides is 1. The first-order chi connectivity index (χ1) is 11.4. The van der Waals surface area contributed by atoms with Crippen LogP contribution in [0.3, 0.4) is 0 Å². The molecular weight excluding hydrogens is 311 g/mol. The molecule has 24 heavy (non-hydrogen) atoms. The van der Waals surface area contributed by atoms with Crippen molar-refractivity contribution in [2.45, 2.75) is 32.4 Å². The molecule has 0 saturated carbocycles. The van der Waals surface area contributed by atoms with Crippen LogP contribution < -0.4 is 5.32 Å². The lowest BCUT2D eigenvalue weighted by Gasteiger charge is -2.20. The summed E-state index contributed by atoms with van der Waals surface area (Å²) in [5.74, 6) is -0.610. The van der Waals surface area contributed by atoms with E-state index in [-0.39, 0.29) is 18.1 Å². The van der Waals surface area contributed by atoms with Crippen molar-refractivity contribution in [2.75, 3.05) is 0 Å². The Morgan fingerprint density at radius 3 is 2.96 bits per heavy atom. The van der Waals surface area contributed by atoms with Crippen LogP contribution in [0.1, 0.15) is 30.2 Å². The first-order valence-electron chi connectivity index (χ1n) is 7.66. The summed E-state index contributed by atoms with van der Waals surface area (Å²) in [5, 5.41) is 11.0. The van der Waals surface area contributed by atoms with Crippen LogP contribution in [-0.4, -0.2) is 27.0 Å². The number of halogens is 1. The predicted molar refractivity (Wildman–Crippen MR) is 86.8 cm³/mol. The minimum atomic E-state index is -1.10. The van der Waals surface area contributed by atoms with Crippen LogP contribution in [0.15, 0.2) is 35.6 Å². The summed E-state index contributed by atoms with van der Waals surface area (Å²) in [6.45, 7) is 3.98. The highest BCUT2D eigenvalue weighted by Crippen LogP contribution is 2.27. The Labute approximate surface area is 139 Å². The third kappa shape index (κ3) is 3.02. The van der Waals surface area contributed by atoms with E-state index in [4.69, 9.17) is 4.84 Å². The number of carbonyl (C=O) groups excluding carboxylic acids is 1. The van der Waals surface area contributed by atoms with Gasteiger partial charge in [0.05, 0.1) is 11.9 Å². The van der Waals surface area contributed by atoms with Crippen molar-refractivity contribution in [3.8, 4) is 0 Å². The molecule has 7 heteroatoms. The van der Waals surface area contributed by atoms with Gasteiger partial charge in [0.2, 0.25) is 5.60 Å². The lowest BCUT2D eigenvalue weighted by molar-refractivity contribution is -0.141. The molecule has 2 heterocycles. The third-order valence-electron chi connectivity index (χ3n) is 4.28. The summed E-state index contributed by atoms with van der Waals surface area (Å²) < 4.78 is 15.1. The van der Waals surface area contributed by atoms with Gasteiger partial charge in [0.15, 0.2) is 0 Å². The van der Waals surface area contributed by atoms with Gasteiger partial charge in [-0.2, -0.15) is 5.10 Å². The number of rotatable bonds is 4. The van der Waals surface area contributed by atoms with E-state index in [2.05, 4.69) is 15.6 Å². The van der Waals surface area contributed by atoms with Crippen molar-refractivity contribution in [3.63, 3.8) is 0 Å². The second-order valence-corrected chi connectivity index (χ2v) is 6.11. The Kier molecular flexibility index (Phi) is 4.09. The molecule has 1 unspecified atom stereocenters. The number of aromatic nitrogens is 2. The van der Waals surface area contributed by atoms with Gasteiger partial charge >= 0.3 is 0 Å². The number of aryl methyl sites for hydroxylation is 1. The minimum absolute atomic E-state index is 0.263. The van der Waals surface area contributed by atoms with Crippen LogP contribution in [0.25, 0.3) is 0 Å². The lowest BCUT2D eigenvalue weighted by Crippen LogP contribution is -2.44. The molecule has 1 N–H and O–H groups in total. The summed E-state index contributed by atoms with van der Waals surface area (Å²) >= 11 is 0. The summed E-state index contributed by atoms with van der Waals surface area (Å²) in [7, 11) is 1.85. The SMILES string of the molecule is Cc1c(CNC(=O)C2(C)CC(c3cccc(F)c3)=NO2)cnn1C. The van der Waals surface area contributed by atoms with Gasteiger partial charge in [-0.3, -0.25) is 9.48 Å². The molecule has 126 valence electrons. The molecular formula is C17H19FN4O2. The van der Waals surface area contributed by atoms with Crippen molar-refractivity contribution in [2.24, 2.45) is 12.2 Å². The van der Waals surface area contributed by atoms with Crippen LogP contribution in [-0.2, 0) is 23.2 Å². The van der Waals surface area contributed by atoms with Gasteiger partial charge < -0.3 is 10.2 Å². The van der Waals surface area contributed by atoms with E-state index in [1.165, 1.54) is 12.1 Å². The molecule has 1 aromatic carbocycles. The van der Waals surface area contributed by atoms with Gasteiger partial charge in [-0.15, -0.1) is 0 Å². The van der Waals surface area contributed by atoms with E-state index in [0.717, 1.165) is 11.3 Å². The van der Waals surface area contributed by atoms with Gasteiger partial charge in [-0.1, -0.05) is 17.3 Å². The molecule has 0 aliphatic carbocycles. The quantitative estimate of drug-likeness (QED) is 0.933. The molecule has 2 aromatic rings. The summed E-state index contributed by atoms with van der Waals surface area (Å²) in [6, 6.07) is 6.09. The first-order valence-corrected chi connectivity index (χ1v) is 7.66. The zero-order valence-electron chi connectivity index (χ0n) is 13.8. The van der Waals surface area contributed by atoms with Crippen LogP contribution in [0, 0.1) is 12.7 Å². The van der Waals surface area contributed by atoms with Crippen molar-refractivity contribution in [1.29, 1.82) is 0 Å². The fraction of sp³-hybridized carbons (Fsp3) is 0.353. The van der Waals surface area contributed by atoms with Crippen LogP contribution in [0.2, 0.25) is 0 Å². The second-order valence-electron chi connectivity index (χ2n) is 6.11. The van der Waals surface area contributed by atoms with Gasteiger partial charge in [0.1, 0.15) is 5.82 Å². The number of hydrogen-bond acceptors (Lipinski definition) is 4. The predicted octanol–water partition coefficient (Wildman–Crippen LogP) is 2.07. The van der Waals surface area contributed by atoms with Crippen LogP contribution in [0.5, 0.6) is 0 Å². The standard InChI is InChI=1S/C17H19FN4O2/c1-11-13(10-20-22(11)3)9-19-16(23)17(2)8-15(21-24-17)12-5-4-6-14(18)7-12/h4-7,10H,8-9H2,1-3H3,(H,19,23). The fourth-order valence-electron chi connectivity index (χ4n) is 2.56. The average Bonchev–Trinajstić information content (AvgIpc) is 3.11. The van der Waals surface area contributed by atoms with E-state index in [0.29, 0.717) is 17.8 Å². The number of nitrogens with one attached hydrogen (secondary N) is 1. The lowest BCUT2D eigenvalue weighted by atomic mass is 9.95.